The molecule has 2 rings (SSSR count). The summed E-state index contributed by atoms with van der Waals surface area (Å²) in [5, 5.41) is 2.51. The Morgan fingerprint density at radius 2 is 1.93 bits per heavy atom. The Bertz CT molecular complexity index is 463. The van der Waals surface area contributed by atoms with Gasteiger partial charge in [-0.05, 0) is 45.5 Å². The second kappa shape index (κ2) is 3.85. The minimum absolute atomic E-state index is 0.588. The quantitative estimate of drug-likeness (QED) is 0.573. The first-order valence-corrected chi connectivity index (χ1v) is 5.80. The van der Waals surface area contributed by atoms with E-state index in [1.807, 2.05) is 6.20 Å². The Hall–Kier alpha value is -0.640. The normalized spacial score (nSPS) is 11.1. The van der Waals surface area contributed by atoms with Crippen molar-refractivity contribution in [3.63, 3.8) is 0 Å². The van der Waals surface area contributed by atoms with E-state index in [0.717, 1.165) is 3.70 Å². The molecule has 0 radical (unpaired) electrons. The van der Waals surface area contributed by atoms with Crippen molar-refractivity contribution >= 4 is 33.4 Å². The third-order valence-corrected chi connectivity index (χ3v) is 2.97. The number of nitrogens with zero attached hydrogens (tertiary/aromatic N) is 1. The molecule has 1 aromatic carbocycles. The second-order valence-corrected chi connectivity index (χ2v) is 4.87. The molecule has 0 N–H and O–H groups in total. The van der Waals surface area contributed by atoms with Gasteiger partial charge in [0.2, 0.25) is 0 Å². The third kappa shape index (κ3) is 1.90. The van der Waals surface area contributed by atoms with Gasteiger partial charge in [0.15, 0.2) is 0 Å². The molecular weight excluding hydrogens is 285 g/mol. The van der Waals surface area contributed by atoms with Crippen LogP contribution < -0.4 is 0 Å². The minimum Gasteiger partial charge on any atom is -0.250 e. The van der Waals surface area contributed by atoms with Crippen molar-refractivity contribution in [2.75, 3.05) is 0 Å². The minimum atomic E-state index is 0.588. The molecule has 1 aromatic heterocycles. The summed E-state index contributed by atoms with van der Waals surface area (Å²) in [4.78, 5) is 4.27. The highest BCUT2D eigenvalue weighted by Crippen LogP contribution is 2.21. The maximum Gasteiger partial charge on any atom is 0.101 e. The number of rotatable bonds is 1. The van der Waals surface area contributed by atoms with Crippen LogP contribution >= 0.6 is 22.6 Å². The van der Waals surface area contributed by atoms with Crippen molar-refractivity contribution in [2.24, 2.45) is 0 Å². The van der Waals surface area contributed by atoms with Gasteiger partial charge in [-0.25, -0.2) is 4.98 Å². The lowest BCUT2D eigenvalue weighted by Gasteiger charge is -2.06. The molecule has 0 atom stereocenters. The van der Waals surface area contributed by atoms with E-state index in [9.17, 15) is 0 Å². The van der Waals surface area contributed by atoms with E-state index in [2.05, 4.69) is 65.7 Å². The fourth-order valence-electron chi connectivity index (χ4n) is 1.49. The molecule has 1 heterocycles. The van der Waals surface area contributed by atoms with Crippen LogP contribution in [-0.4, -0.2) is 4.98 Å². The number of benzene rings is 1. The summed E-state index contributed by atoms with van der Waals surface area (Å²) >= 11 is 2.25. The highest BCUT2D eigenvalue weighted by molar-refractivity contribution is 14.1. The summed E-state index contributed by atoms with van der Waals surface area (Å²) < 4.78 is 1.05. The largest absolute Gasteiger partial charge is 0.250 e. The molecule has 0 saturated carbocycles. The summed E-state index contributed by atoms with van der Waals surface area (Å²) in [5.41, 5.74) is 1.39. The van der Waals surface area contributed by atoms with Gasteiger partial charge in [0.1, 0.15) is 3.70 Å². The van der Waals surface area contributed by atoms with Crippen molar-refractivity contribution < 1.29 is 0 Å². The molecule has 0 saturated heterocycles. The summed E-state index contributed by atoms with van der Waals surface area (Å²) in [5.74, 6) is 0.588. The SMILES string of the molecule is CC(C)c1ccc2cnc(I)cc2c1. The maximum absolute atomic E-state index is 4.27. The number of aromatic nitrogens is 1. The van der Waals surface area contributed by atoms with Crippen LogP contribution in [0.3, 0.4) is 0 Å². The highest BCUT2D eigenvalue weighted by atomic mass is 127. The lowest BCUT2D eigenvalue weighted by atomic mass is 10.0. The van der Waals surface area contributed by atoms with Crippen LogP contribution in [0.25, 0.3) is 10.8 Å². The van der Waals surface area contributed by atoms with Crippen LogP contribution in [0.1, 0.15) is 25.3 Å². The van der Waals surface area contributed by atoms with Crippen LogP contribution in [-0.2, 0) is 0 Å². The zero-order valence-electron chi connectivity index (χ0n) is 8.29. The molecule has 0 spiro atoms. The summed E-state index contributed by atoms with van der Waals surface area (Å²) in [6, 6.07) is 8.71. The molecule has 1 nitrogen and oxygen atoms in total. The van der Waals surface area contributed by atoms with Gasteiger partial charge in [0.25, 0.3) is 0 Å². The molecule has 0 fully saturated rings. The third-order valence-electron chi connectivity index (χ3n) is 2.38. The summed E-state index contributed by atoms with van der Waals surface area (Å²) in [6.07, 6.45) is 1.93. The predicted molar refractivity (Wildman–Crippen MR) is 68.5 cm³/mol. The van der Waals surface area contributed by atoms with Crippen molar-refractivity contribution in [3.8, 4) is 0 Å². The molecule has 72 valence electrons. The van der Waals surface area contributed by atoms with E-state index in [4.69, 9.17) is 0 Å². The van der Waals surface area contributed by atoms with Crippen molar-refractivity contribution in [1.82, 2.24) is 4.98 Å². The van der Waals surface area contributed by atoms with E-state index in [0.29, 0.717) is 5.92 Å². The molecule has 0 aliphatic heterocycles. The molecule has 0 aliphatic rings. The van der Waals surface area contributed by atoms with E-state index in [1.165, 1.54) is 16.3 Å². The molecule has 2 heteroatoms. The fraction of sp³-hybridized carbons (Fsp3) is 0.250. The van der Waals surface area contributed by atoms with Crippen LogP contribution in [0.15, 0.2) is 30.5 Å². The topological polar surface area (TPSA) is 12.9 Å². The zero-order valence-corrected chi connectivity index (χ0v) is 10.4. The standard InChI is InChI=1S/C12H12IN/c1-8(2)9-3-4-10-7-14-12(13)6-11(10)5-9/h3-8H,1-2H3. The molecule has 0 aliphatic carbocycles. The molecule has 0 bridgehead atoms. The lowest BCUT2D eigenvalue weighted by Crippen LogP contribution is -1.88. The average molecular weight is 297 g/mol. The number of fused-ring (bicyclic) bond motifs is 1. The molecular formula is C12H12IN. The smallest absolute Gasteiger partial charge is 0.101 e. The van der Waals surface area contributed by atoms with E-state index < -0.39 is 0 Å². The van der Waals surface area contributed by atoms with Gasteiger partial charge >= 0.3 is 0 Å². The number of halogens is 1. The Labute approximate surface area is 97.7 Å². The van der Waals surface area contributed by atoms with E-state index >= 15 is 0 Å². The van der Waals surface area contributed by atoms with Crippen LogP contribution in [0.4, 0.5) is 0 Å². The van der Waals surface area contributed by atoms with Gasteiger partial charge in [-0.1, -0.05) is 32.0 Å². The molecule has 0 unspecified atom stereocenters. The molecule has 0 amide bonds. The lowest BCUT2D eigenvalue weighted by molar-refractivity contribution is 0.868. The Morgan fingerprint density at radius 1 is 1.14 bits per heavy atom. The van der Waals surface area contributed by atoms with E-state index in [1.54, 1.807) is 0 Å². The van der Waals surface area contributed by atoms with E-state index in [-0.39, 0.29) is 0 Å². The first-order chi connectivity index (χ1) is 6.66. The average Bonchev–Trinajstić information content (AvgIpc) is 2.16. The van der Waals surface area contributed by atoms with Gasteiger partial charge in [-0.2, -0.15) is 0 Å². The van der Waals surface area contributed by atoms with Crippen LogP contribution in [0.5, 0.6) is 0 Å². The monoisotopic (exact) mass is 297 g/mol. The predicted octanol–water partition coefficient (Wildman–Crippen LogP) is 3.96. The Morgan fingerprint density at radius 3 is 2.64 bits per heavy atom. The van der Waals surface area contributed by atoms with Gasteiger partial charge in [0.05, 0.1) is 0 Å². The zero-order chi connectivity index (χ0) is 10.1. The maximum atomic E-state index is 4.27. The van der Waals surface area contributed by atoms with Gasteiger partial charge < -0.3 is 0 Å². The summed E-state index contributed by atoms with van der Waals surface area (Å²) in [7, 11) is 0. The van der Waals surface area contributed by atoms with Crippen molar-refractivity contribution in [1.29, 1.82) is 0 Å². The van der Waals surface area contributed by atoms with Gasteiger partial charge in [-0.15, -0.1) is 0 Å². The summed E-state index contributed by atoms with van der Waals surface area (Å²) in [6.45, 7) is 4.43. The van der Waals surface area contributed by atoms with Gasteiger partial charge in [-0.3, -0.25) is 0 Å². The first-order valence-electron chi connectivity index (χ1n) is 4.72. The molecule has 14 heavy (non-hydrogen) atoms. The molecule has 2 aromatic rings. The number of hydrogen-bond acceptors (Lipinski definition) is 1. The van der Waals surface area contributed by atoms with Crippen LogP contribution in [0.2, 0.25) is 0 Å². The number of hydrogen-bond donors (Lipinski definition) is 0. The van der Waals surface area contributed by atoms with Crippen molar-refractivity contribution in [3.05, 3.63) is 39.7 Å². The van der Waals surface area contributed by atoms with Crippen molar-refractivity contribution in [2.45, 2.75) is 19.8 Å². The van der Waals surface area contributed by atoms with Gasteiger partial charge in [0, 0.05) is 11.6 Å². The Kier molecular flexibility index (Phi) is 2.72. The second-order valence-electron chi connectivity index (χ2n) is 3.77. The fourth-order valence-corrected chi connectivity index (χ4v) is 1.97. The highest BCUT2D eigenvalue weighted by Gasteiger charge is 2.01. The first kappa shape index (κ1) is 9.90. The Balaban J connectivity index is 2.63. The van der Waals surface area contributed by atoms with Crippen LogP contribution in [0, 0.1) is 3.70 Å². The number of pyridine rings is 1.